The minimum absolute atomic E-state index is 0. The van der Waals surface area contributed by atoms with E-state index >= 15 is 0 Å². The summed E-state index contributed by atoms with van der Waals surface area (Å²) in [5.41, 5.74) is 1.27. The Morgan fingerprint density at radius 3 is 1.01 bits per heavy atom. The van der Waals surface area contributed by atoms with Crippen LogP contribution in [0.15, 0.2) is 61.4 Å². The Labute approximate surface area is 539 Å². The molecule has 7 atom stereocenters. The molecule has 4 N–H and O–H groups in total. The van der Waals surface area contributed by atoms with E-state index in [-0.39, 0.29) is 93.9 Å². The van der Waals surface area contributed by atoms with E-state index in [2.05, 4.69) is 154 Å². The second-order valence-electron chi connectivity index (χ2n) is 20.1. The SMILES string of the molecule is C.C=C(CNC(=O)C(F)C(F)C(=O)NCC(=C)C(C)(C)Br)C(C)(C)Br.C=C(CNC(=O)C(F)C(F)C(=O)NCC(=C)C(C)(C)CC(Br)N1CCCC1=O)C(C)(C)CC(Br)N1CCCC1=O.C=CN1CCCC1=O.[B]P.[Cu][Br].[Y]. The summed E-state index contributed by atoms with van der Waals surface area (Å²) in [6, 6.07) is 0. The van der Waals surface area contributed by atoms with E-state index in [1.54, 1.807) is 48.6 Å². The first-order chi connectivity index (χ1) is 35.0. The standard InChI is InChI=1S/C28H42Br2F2N4O4.C16H24Br2F2N2O2.C6H9NO.CH4.BH2P.BrH.Cu.Y/c1-17(27(3,4)13-19(29)35-11-7-9-21(35)37)15-33-25(39)23(31)24(32)26(40)34-16-18(2)28(5,6)14-20(30)36-12-8-10-22(36)38;1-9(15(3,4)17)7-21-13(23)11(19)12(20)14(24)22-8-10(2)16(5,6)18;1-2-7-5-3-4-6(7)8;;1-2;;;/h19-20,23-24H,1-2,7-16H2,3-6H3,(H,33,39)(H,34,40);11-12H,1-2,7-8H2,3-6H3,(H,21,23)(H,22,24);2H,1,3-5H2;1H4;2H2;1H;;/q;;;;;;+1;/p-1. The molecule has 3 aliphatic heterocycles. The van der Waals surface area contributed by atoms with Gasteiger partial charge in [0.25, 0.3) is 23.6 Å². The summed E-state index contributed by atoms with van der Waals surface area (Å²) in [4.78, 5) is 87.3. The van der Waals surface area contributed by atoms with Crippen molar-refractivity contribution >= 4 is 136 Å². The molecule has 3 heterocycles. The molecule has 3 fully saturated rings. The van der Waals surface area contributed by atoms with E-state index in [0.29, 0.717) is 67.5 Å². The van der Waals surface area contributed by atoms with Crippen LogP contribution in [-0.2, 0) is 80.5 Å². The van der Waals surface area contributed by atoms with Crippen molar-refractivity contribution < 1.29 is 98.0 Å². The largest absolute Gasteiger partial charge is 0 e. The molecule has 0 aromatic carbocycles. The number of carbonyl (C=O) groups excluding carboxylic acids is 7. The van der Waals surface area contributed by atoms with E-state index in [4.69, 9.17) is 0 Å². The van der Waals surface area contributed by atoms with Gasteiger partial charge in [0.2, 0.25) is 42.4 Å². The molecule has 0 aliphatic carbocycles. The number of alkyl halides is 8. The van der Waals surface area contributed by atoms with Crippen LogP contribution in [0.5, 0.6) is 0 Å². The Morgan fingerprint density at radius 2 is 0.821 bits per heavy atom. The molecule has 0 spiro atoms. The molecule has 14 nitrogen and oxygen atoms in total. The van der Waals surface area contributed by atoms with E-state index in [0.717, 1.165) is 25.8 Å². The van der Waals surface area contributed by atoms with Crippen LogP contribution in [0.25, 0.3) is 0 Å². The summed E-state index contributed by atoms with van der Waals surface area (Å²) in [6.07, 6.45) is -3.63. The average molecular weight is 1570 g/mol. The van der Waals surface area contributed by atoms with Crippen LogP contribution in [0.2, 0.25) is 0 Å². The molecule has 7 amide bonds. The third kappa shape index (κ3) is 30.2. The fourth-order valence-corrected chi connectivity index (χ4v) is 9.50. The van der Waals surface area contributed by atoms with Crippen molar-refractivity contribution in [2.45, 2.75) is 157 Å². The Bertz CT molecular complexity index is 1920. The van der Waals surface area contributed by atoms with Crippen LogP contribution in [-0.4, -0.2) is 153 Å². The van der Waals surface area contributed by atoms with Gasteiger partial charge in [-0.25, -0.2) is 17.6 Å². The van der Waals surface area contributed by atoms with Crippen LogP contribution in [0.3, 0.4) is 0 Å². The number of nitrogens with zero attached hydrogens (tertiary/aromatic N) is 3. The summed E-state index contributed by atoms with van der Waals surface area (Å²) >= 11 is 20.3. The van der Waals surface area contributed by atoms with Gasteiger partial charge in [-0.3, -0.25) is 33.6 Å². The van der Waals surface area contributed by atoms with Crippen molar-refractivity contribution in [2.24, 2.45) is 10.8 Å². The number of halogens is 9. The minimum atomic E-state index is -2.70. The third-order valence-corrected chi connectivity index (χ3v) is 15.4. The molecule has 27 heteroatoms. The van der Waals surface area contributed by atoms with Gasteiger partial charge >= 0.3 is 28.3 Å². The summed E-state index contributed by atoms with van der Waals surface area (Å²) in [5.74, 6) is -4.54. The molecule has 0 aromatic rings. The fourth-order valence-electron chi connectivity index (χ4n) is 6.74. The van der Waals surface area contributed by atoms with Crippen LogP contribution in [0, 0.1) is 10.8 Å². The van der Waals surface area contributed by atoms with Gasteiger partial charge in [-0.15, -0.1) is 0 Å². The summed E-state index contributed by atoms with van der Waals surface area (Å²) in [5, 5.41) is 9.11. The van der Waals surface area contributed by atoms with Gasteiger partial charge in [-0.1, -0.05) is 143 Å². The van der Waals surface area contributed by atoms with Crippen molar-refractivity contribution in [3.05, 3.63) is 61.4 Å². The number of carbonyl (C=O) groups is 7. The van der Waals surface area contributed by atoms with Crippen molar-refractivity contribution in [3.63, 3.8) is 0 Å². The molecule has 3 radical (unpaired) electrons. The normalized spacial score (nSPS) is 16.5. The van der Waals surface area contributed by atoms with Crippen LogP contribution in [0.1, 0.15) is 114 Å². The number of rotatable bonds is 25. The summed E-state index contributed by atoms with van der Waals surface area (Å²) in [7, 11) is 6.33. The van der Waals surface area contributed by atoms with Gasteiger partial charge in [-0.2, -0.15) is 9.12 Å². The van der Waals surface area contributed by atoms with Crippen LogP contribution >= 0.6 is 86.9 Å². The zero-order chi connectivity index (χ0) is 59.7. The number of hydrogen-bond acceptors (Lipinski definition) is 7. The Balaban J connectivity index is -0.000000609. The maximum atomic E-state index is 14.6. The molecule has 3 rings (SSSR count). The van der Waals surface area contributed by atoms with Crippen molar-refractivity contribution in [3.8, 4) is 0 Å². The topological polar surface area (TPSA) is 177 Å². The van der Waals surface area contributed by atoms with Gasteiger partial charge in [0.05, 0.1) is 17.5 Å². The molecule has 0 aromatic heterocycles. The Morgan fingerprint density at radius 1 is 0.577 bits per heavy atom. The quantitative estimate of drug-likeness (QED) is 0.0176. The second-order valence-corrected chi connectivity index (χ2v) is 26.2. The third-order valence-electron chi connectivity index (χ3n) is 12.6. The summed E-state index contributed by atoms with van der Waals surface area (Å²) < 4.78 is 55.9. The fraction of sp³-hybridized carbons (Fsp3) is 0.667. The molecular formula is C51H81BBr5CuF4N7O7PY. The number of hydrogen-bond donors (Lipinski definition) is 4. The smallest absolute Gasteiger partial charge is 0 e. The molecule has 0 bridgehead atoms. The monoisotopic (exact) mass is 1570 g/mol. The van der Waals surface area contributed by atoms with Crippen molar-refractivity contribution in [1.82, 2.24) is 36.0 Å². The molecule has 0 saturated carbocycles. The maximum Gasteiger partial charge on any atom is 0 e. The van der Waals surface area contributed by atoms with Crippen molar-refractivity contribution in [1.29, 1.82) is 0 Å². The Hall–Kier alpha value is -0.772. The predicted octanol–water partition coefficient (Wildman–Crippen LogP) is 10.1. The first-order valence-corrected chi connectivity index (χ1v) is 30.4. The predicted molar refractivity (Wildman–Crippen MR) is 321 cm³/mol. The molecular weight excluding hydrogens is 1490 g/mol. The second kappa shape index (κ2) is 40.5. The van der Waals surface area contributed by atoms with Gasteiger partial charge in [0, 0.05) is 106 Å². The molecule has 3 aliphatic rings. The maximum absolute atomic E-state index is 14.6. The zero-order valence-electron chi connectivity index (χ0n) is 45.3. The first-order valence-electron chi connectivity index (χ1n) is 24.0. The van der Waals surface area contributed by atoms with E-state index < -0.39 is 67.8 Å². The van der Waals surface area contributed by atoms with E-state index in [1.807, 2.05) is 36.8 Å². The van der Waals surface area contributed by atoms with E-state index in [1.165, 1.54) is 0 Å². The number of likely N-dealkylation sites (tertiary alicyclic amines) is 3. The zero-order valence-corrected chi connectivity index (χ0v) is 58.2. The molecule has 7 unspecified atom stereocenters. The van der Waals surface area contributed by atoms with Crippen LogP contribution in [0.4, 0.5) is 17.6 Å². The number of amides is 7. The molecule has 447 valence electrons. The van der Waals surface area contributed by atoms with Gasteiger partial charge in [0.15, 0.2) is 0 Å². The van der Waals surface area contributed by atoms with Gasteiger partial charge < -0.3 is 36.0 Å². The molecule has 78 heavy (non-hydrogen) atoms. The average Bonchev–Trinajstić information content (AvgIpc) is 4.12. The molecule has 3 saturated heterocycles. The number of nitrogens with one attached hydrogen (secondary N) is 4. The van der Waals surface area contributed by atoms with Gasteiger partial charge in [0.1, 0.15) is 0 Å². The minimum Gasteiger partial charge on any atom is 0 e. The van der Waals surface area contributed by atoms with Crippen molar-refractivity contribution in [2.75, 3.05) is 45.8 Å². The van der Waals surface area contributed by atoms with Crippen LogP contribution < -0.4 is 21.3 Å². The van der Waals surface area contributed by atoms with E-state index in [9.17, 15) is 51.1 Å². The summed E-state index contributed by atoms with van der Waals surface area (Å²) in [6.45, 7) is 35.7. The first kappa shape index (κ1) is 83.7. The Kier molecular flexibility index (Phi) is 43.4. The van der Waals surface area contributed by atoms with Gasteiger partial charge in [-0.05, 0) is 88.0 Å².